The topological polar surface area (TPSA) is 47.2 Å². The fraction of sp³-hybridized carbons (Fsp3) is 0.167. The highest BCUT2D eigenvalue weighted by Gasteiger charge is 2.10. The van der Waals surface area contributed by atoms with Crippen LogP contribution >= 0.6 is 11.6 Å². The average Bonchev–Trinajstić information content (AvgIpc) is 2.65. The lowest BCUT2D eigenvalue weighted by atomic mass is 10.1. The van der Waals surface area contributed by atoms with Crippen molar-refractivity contribution in [3.05, 3.63) is 46.7 Å². The van der Waals surface area contributed by atoms with Gasteiger partial charge in [0.2, 0.25) is 6.08 Å². The van der Waals surface area contributed by atoms with E-state index in [1.54, 1.807) is 11.7 Å². The molecule has 2 aromatic rings. The zero-order chi connectivity index (χ0) is 12.3. The van der Waals surface area contributed by atoms with Crippen molar-refractivity contribution in [3.8, 4) is 0 Å². The SMILES string of the molecule is Cn1ncc(N=C=O)c1Cc1ccccc1Cl. The molecule has 4 nitrogen and oxygen atoms in total. The average molecular weight is 248 g/mol. The number of carbonyl (C=O) groups excluding carboxylic acids is 1. The third kappa shape index (κ3) is 2.44. The number of halogens is 1. The molecule has 1 aromatic heterocycles. The summed E-state index contributed by atoms with van der Waals surface area (Å²) in [6.45, 7) is 0. The molecule has 0 saturated carbocycles. The van der Waals surface area contributed by atoms with E-state index in [1.165, 1.54) is 12.3 Å². The minimum absolute atomic E-state index is 0.530. The summed E-state index contributed by atoms with van der Waals surface area (Å²) in [6, 6.07) is 7.56. The molecule has 0 bridgehead atoms. The van der Waals surface area contributed by atoms with Gasteiger partial charge in [0.15, 0.2) is 0 Å². The van der Waals surface area contributed by atoms with Crippen molar-refractivity contribution >= 4 is 23.4 Å². The van der Waals surface area contributed by atoms with Crippen molar-refractivity contribution in [2.45, 2.75) is 6.42 Å². The fourth-order valence-corrected chi connectivity index (χ4v) is 1.82. The van der Waals surface area contributed by atoms with Crippen LogP contribution < -0.4 is 0 Å². The van der Waals surface area contributed by atoms with E-state index in [0.717, 1.165) is 11.3 Å². The van der Waals surface area contributed by atoms with E-state index in [-0.39, 0.29) is 0 Å². The molecule has 1 heterocycles. The van der Waals surface area contributed by atoms with Gasteiger partial charge in [-0.2, -0.15) is 10.1 Å². The summed E-state index contributed by atoms with van der Waals surface area (Å²) in [7, 11) is 1.80. The zero-order valence-corrected chi connectivity index (χ0v) is 9.98. The number of hydrogen-bond donors (Lipinski definition) is 0. The Labute approximate surface area is 104 Å². The van der Waals surface area contributed by atoms with E-state index in [0.29, 0.717) is 17.1 Å². The summed E-state index contributed by atoms with van der Waals surface area (Å²) in [5.41, 5.74) is 2.34. The number of aryl methyl sites for hydroxylation is 1. The van der Waals surface area contributed by atoms with E-state index in [9.17, 15) is 4.79 Å². The first-order chi connectivity index (χ1) is 8.22. The van der Waals surface area contributed by atoms with Crippen molar-refractivity contribution in [1.29, 1.82) is 0 Å². The predicted molar refractivity (Wildman–Crippen MR) is 65.2 cm³/mol. The van der Waals surface area contributed by atoms with Crippen LogP contribution in [0.5, 0.6) is 0 Å². The smallest absolute Gasteiger partial charge is 0.240 e. The van der Waals surface area contributed by atoms with Gasteiger partial charge in [-0.15, -0.1) is 0 Å². The van der Waals surface area contributed by atoms with Gasteiger partial charge < -0.3 is 0 Å². The van der Waals surface area contributed by atoms with E-state index in [4.69, 9.17) is 11.6 Å². The zero-order valence-electron chi connectivity index (χ0n) is 9.22. The van der Waals surface area contributed by atoms with Gasteiger partial charge >= 0.3 is 0 Å². The van der Waals surface area contributed by atoms with Gasteiger partial charge in [-0.1, -0.05) is 29.8 Å². The lowest BCUT2D eigenvalue weighted by molar-refractivity contribution is 0.565. The maximum atomic E-state index is 10.3. The molecule has 0 aliphatic rings. The van der Waals surface area contributed by atoms with E-state index in [1.807, 2.05) is 24.3 Å². The van der Waals surface area contributed by atoms with Crippen LogP contribution in [-0.4, -0.2) is 15.9 Å². The molecule has 0 atom stereocenters. The van der Waals surface area contributed by atoms with Gasteiger partial charge in [-0.25, -0.2) is 4.79 Å². The molecular formula is C12H10ClN3O. The van der Waals surface area contributed by atoms with Crippen LogP contribution in [0.15, 0.2) is 35.5 Å². The molecule has 86 valence electrons. The van der Waals surface area contributed by atoms with Crippen LogP contribution in [0, 0.1) is 0 Å². The van der Waals surface area contributed by atoms with E-state index >= 15 is 0 Å². The first-order valence-corrected chi connectivity index (χ1v) is 5.42. The lowest BCUT2D eigenvalue weighted by Crippen LogP contribution is -1.99. The number of hydrogen-bond acceptors (Lipinski definition) is 3. The first-order valence-electron chi connectivity index (χ1n) is 5.04. The van der Waals surface area contributed by atoms with Gasteiger partial charge in [0.1, 0.15) is 5.69 Å². The second kappa shape index (κ2) is 4.95. The number of rotatable bonds is 3. The minimum atomic E-state index is 0.530. The van der Waals surface area contributed by atoms with Crippen molar-refractivity contribution in [2.75, 3.05) is 0 Å². The van der Waals surface area contributed by atoms with E-state index < -0.39 is 0 Å². The van der Waals surface area contributed by atoms with Crippen LogP contribution in [0.25, 0.3) is 0 Å². The molecule has 1 aromatic carbocycles. The van der Waals surface area contributed by atoms with Gasteiger partial charge in [0, 0.05) is 18.5 Å². The minimum Gasteiger partial charge on any atom is -0.270 e. The molecule has 0 aliphatic heterocycles. The normalized spacial score (nSPS) is 10.0. The molecule has 0 amide bonds. The first kappa shape index (κ1) is 11.6. The molecule has 0 spiro atoms. The van der Waals surface area contributed by atoms with Crippen LogP contribution in [0.3, 0.4) is 0 Å². The maximum Gasteiger partial charge on any atom is 0.240 e. The molecule has 0 fully saturated rings. The summed E-state index contributed by atoms with van der Waals surface area (Å²) in [5, 5.41) is 4.75. The molecule has 0 aliphatic carbocycles. The van der Waals surface area contributed by atoms with Gasteiger partial charge in [0.25, 0.3) is 0 Å². The fourth-order valence-electron chi connectivity index (χ4n) is 1.62. The molecule has 5 heteroatoms. The third-order valence-corrected chi connectivity index (χ3v) is 2.89. The van der Waals surface area contributed by atoms with Crippen LogP contribution in [0.1, 0.15) is 11.3 Å². The highest BCUT2D eigenvalue weighted by Crippen LogP contribution is 2.24. The molecule has 0 unspecified atom stereocenters. The van der Waals surface area contributed by atoms with Crippen LogP contribution in [0.4, 0.5) is 5.69 Å². The van der Waals surface area contributed by atoms with Crippen molar-refractivity contribution in [1.82, 2.24) is 9.78 Å². The number of nitrogens with zero attached hydrogens (tertiary/aromatic N) is 3. The van der Waals surface area contributed by atoms with Gasteiger partial charge in [-0.3, -0.25) is 4.68 Å². The monoisotopic (exact) mass is 247 g/mol. The molecule has 0 saturated heterocycles. The summed E-state index contributed by atoms with van der Waals surface area (Å²) in [6.07, 6.45) is 3.65. The summed E-state index contributed by atoms with van der Waals surface area (Å²) >= 11 is 6.09. The Kier molecular flexibility index (Phi) is 3.38. The number of benzene rings is 1. The van der Waals surface area contributed by atoms with Crippen LogP contribution in [-0.2, 0) is 18.3 Å². The number of aliphatic imine (C=N–C) groups is 1. The van der Waals surface area contributed by atoms with Gasteiger partial charge in [-0.05, 0) is 11.6 Å². The van der Waals surface area contributed by atoms with E-state index in [2.05, 4.69) is 10.1 Å². The molecular weight excluding hydrogens is 238 g/mol. The molecule has 0 radical (unpaired) electrons. The lowest BCUT2D eigenvalue weighted by Gasteiger charge is -2.05. The Morgan fingerprint density at radius 2 is 2.24 bits per heavy atom. The summed E-state index contributed by atoms with van der Waals surface area (Å²) in [4.78, 5) is 13.9. The molecule has 2 rings (SSSR count). The Morgan fingerprint density at radius 1 is 1.47 bits per heavy atom. The maximum absolute atomic E-state index is 10.3. The molecule has 17 heavy (non-hydrogen) atoms. The Morgan fingerprint density at radius 3 is 2.94 bits per heavy atom. The third-order valence-electron chi connectivity index (χ3n) is 2.52. The predicted octanol–water partition coefficient (Wildman–Crippen LogP) is 2.63. The summed E-state index contributed by atoms with van der Waals surface area (Å²) in [5.74, 6) is 0. The number of isocyanates is 1. The van der Waals surface area contributed by atoms with Crippen LogP contribution in [0.2, 0.25) is 5.02 Å². The Hall–Kier alpha value is -1.90. The number of aromatic nitrogens is 2. The van der Waals surface area contributed by atoms with Crippen molar-refractivity contribution < 1.29 is 4.79 Å². The molecule has 0 N–H and O–H groups in total. The van der Waals surface area contributed by atoms with Gasteiger partial charge in [0.05, 0.1) is 11.9 Å². The summed E-state index contributed by atoms with van der Waals surface area (Å²) < 4.78 is 1.68. The highest BCUT2D eigenvalue weighted by molar-refractivity contribution is 6.31. The Bertz CT molecular complexity index is 585. The largest absolute Gasteiger partial charge is 0.270 e. The Balaban J connectivity index is 2.39. The second-order valence-corrected chi connectivity index (χ2v) is 3.98. The standard InChI is InChI=1S/C12H10ClN3O/c1-16-12(11(7-15-16)14-8-17)6-9-4-2-3-5-10(9)13/h2-5,7H,6H2,1H3. The highest BCUT2D eigenvalue weighted by atomic mass is 35.5. The van der Waals surface area contributed by atoms with Crippen molar-refractivity contribution in [3.63, 3.8) is 0 Å². The quantitative estimate of drug-likeness (QED) is 0.618. The second-order valence-electron chi connectivity index (χ2n) is 3.57. The van der Waals surface area contributed by atoms with Crippen molar-refractivity contribution in [2.24, 2.45) is 12.0 Å².